The van der Waals surface area contributed by atoms with E-state index in [-0.39, 0.29) is 17.8 Å². The van der Waals surface area contributed by atoms with Crippen LogP contribution in [-0.4, -0.2) is 18.6 Å². The maximum Gasteiger partial charge on any atom is 0.226 e. The van der Waals surface area contributed by atoms with Gasteiger partial charge in [0.15, 0.2) is 0 Å². The van der Waals surface area contributed by atoms with Gasteiger partial charge in [0.1, 0.15) is 5.82 Å². The molecule has 0 aliphatic carbocycles. The summed E-state index contributed by atoms with van der Waals surface area (Å²) in [6.07, 6.45) is 3.42. The molecule has 0 bridgehead atoms. The average molecular weight is 316 g/mol. The molecule has 98 valence electrons. The number of benzene rings is 1. The first kappa shape index (κ1) is 13.5. The Labute approximate surface area is 114 Å². The van der Waals surface area contributed by atoms with Crippen LogP contribution in [0, 0.1) is 5.82 Å². The van der Waals surface area contributed by atoms with E-state index in [0.29, 0.717) is 16.6 Å². The molecule has 2 rings (SSSR count). The van der Waals surface area contributed by atoms with Gasteiger partial charge in [-0.15, -0.1) is 0 Å². The Morgan fingerprint density at radius 2 is 2.33 bits per heavy atom. The van der Waals surface area contributed by atoms with Gasteiger partial charge in [-0.05, 0) is 53.4 Å². The predicted octanol–water partition coefficient (Wildman–Crippen LogP) is 3.49. The summed E-state index contributed by atoms with van der Waals surface area (Å²) in [4.78, 5) is 11.8. The first-order valence-electron chi connectivity index (χ1n) is 6.01. The van der Waals surface area contributed by atoms with E-state index in [9.17, 15) is 9.18 Å². The molecule has 0 radical (unpaired) electrons. The molecule has 18 heavy (non-hydrogen) atoms. The molecule has 1 aliphatic rings. The van der Waals surface area contributed by atoms with Crippen molar-refractivity contribution in [1.82, 2.24) is 0 Å². The van der Waals surface area contributed by atoms with E-state index in [0.717, 1.165) is 25.9 Å². The molecule has 1 heterocycles. The highest BCUT2D eigenvalue weighted by Crippen LogP contribution is 2.20. The fourth-order valence-electron chi connectivity index (χ4n) is 1.96. The Morgan fingerprint density at radius 1 is 1.50 bits per heavy atom. The molecule has 1 aliphatic heterocycles. The lowest BCUT2D eigenvalue weighted by Crippen LogP contribution is -2.25. The largest absolute Gasteiger partial charge is 0.378 e. The molecular weight excluding hydrogens is 301 g/mol. The van der Waals surface area contributed by atoms with Crippen LogP contribution in [0.1, 0.15) is 25.7 Å². The van der Waals surface area contributed by atoms with Crippen LogP contribution < -0.4 is 5.32 Å². The van der Waals surface area contributed by atoms with Gasteiger partial charge in [-0.3, -0.25) is 4.79 Å². The molecule has 1 unspecified atom stereocenters. The van der Waals surface area contributed by atoms with Crippen molar-refractivity contribution >= 4 is 27.5 Å². The van der Waals surface area contributed by atoms with Crippen molar-refractivity contribution in [1.29, 1.82) is 0 Å². The van der Waals surface area contributed by atoms with E-state index in [4.69, 9.17) is 4.74 Å². The van der Waals surface area contributed by atoms with Gasteiger partial charge < -0.3 is 10.1 Å². The minimum atomic E-state index is -0.387. The highest BCUT2D eigenvalue weighted by atomic mass is 79.9. The van der Waals surface area contributed by atoms with Gasteiger partial charge in [0.05, 0.1) is 17.0 Å². The van der Waals surface area contributed by atoms with Crippen LogP contribution >= 0.6 is 15.9 Å². The van der Waals surface area contributed by atoms with E-state index in [1.165, 1.54) is 6.07 Å². The first-order chi connectivity index (χ1) is 8.65. The van der Waals surface area contributed by atoms with Gasteiger partial charge in [-0.2, -0.15) is 0 Å². The highest BCUT2D eigenvalue weighted by Gasteiger charge is 2.17. The van der Waals surface area contributed by atoms with Gasteiger partial charge >= 0.3 is 0 Å². The number of halogens is 2. The molecule has 0 aromatic heterocycles. The van der Waals surface area contributed by atoms with Crippen molar-refractivity contribution in [2.75, 3.05) is 11.9 Å². The Hall–Kier alpha value is -0.940. The molecule has 1 saturated heterocycles. The van der Waals surface area contributed by atoms with Crippen LogP contribution in [-0.2, 0) is 9.53 Å². The molecule has 1 N–H and O–H groups in total. The van der Waals surface area contributed by atoms with Crippen LogP contribution in [0.15, 0.2) is 22.7 Å². The number of carbonyl (C=O) groups is 1. The van der Waals surface area contributed by atoms with E-state index in [1.807, 2.05) is 0 Å². The maximum atomic E-state index is 13.3. The van der Waals surface area contributed by atoms with Crippen molar-refractivity contribution < 1.29 is 13.9 Å². The SMILES string of the molecule is O=C(CC1CCCCO1)Nc1ccc(Br)c(F)c1. The summed E-state index contributed by atoms with van der Waals surface area (Å²) < 4.78 is 19.1. The monoisotopic (exact) mass is 315 g/mol. The third-order valence-electron chi connectivity index (χ3n) is 2.89. The quantitative estimate of drug-likeness (QED) is 0.927. The molecule has 1 amide bonds. The second-order valence-corrected chi connectivity index (χ2v) is 5.22. The van der Waals surface area contributed by atoms with Crippen molar-refractivity contribution in [3.63, 3.8) is 0 Å². The molecule has 1 atom stereocenters. The van der Waals surface area contributed by atoms with Crippen molar-refractivity contribution in [3.05, 3.63) is 28.5 Å². The summed E-state index contributed by atoms with van der Waals surface area (Å²) in [6, 6.07) is 4.53. The smallest absolute Gasteiger partial charge is 0.226 e. The number of ether oxygens (including phenoxy) is 1. The fourth-order valence-corrected chi connectivity index (χ4v) is 2.21. The molecule has 0 spiro atoms. The number of anilines is 1. The second-order valence-electron chi connectivity index (χ2n) is 4.37. The third-order valence-corrected chi connectivity index (χ3v) is 3.53. The number of amides is 1. The Bertz CT molecular complexity index is 433. The van der Waals surface area contributed by atoms with Crippen LogP contribution in [0.5, 0.6) is 0 Å². The zero-order chi connectivity index (χ0) is 13.0. The lowest BCUT2D eigenvalue weighted by atomic mass is 10.1. The number of carbonyl (C=O) groups excluding carboxylic acids is 1. The topological polar surface area (TPSA) is 38.3 Å². The number of hydrogen-bond acceptors (Lipinski definition) is 2. The third kappa shape index (κ3) is 3.78. The van der Waals surface area contributed by atoms with Crippen molar-refractivity contribution in [3.8, 4) is 0 Å². The standard InChI is InChI=1S/C13H15BrFNO2/c14-11-5-4-9(7-12(11)15)16-13(17)8-10-3-1-2-6-18-10/h4-5,7,10H,1-3,6,8H2,(H,16,17). The summed E-state index contributed by atoms with van der Waals surface area (Å²) in [7, 11) is 0. The summed E-state index contributed by atoms with van der Waals surface area (Å²) in [5.74, 6) is -0.523. The van der Waals surface area contributed by atoms with Gasteiger partial charge in [-0.1, -0.05) is 0 Å². The lowest BCUT2D eigenvalue weighted by molar-refractivity contribution is -0.119. The average Bonchev–Trinajstić information content (AvgIpc) is 2.35. The second kappa shape index (κ2) is 6.29. The summed E-state index contributed by atoms with van der Waals surface area (Å²) in [5.41, 5.74) is 0.469. The first-order valence-corrected chi connectivity index (χ1v) is 6.81. The minimum absolute atomic E-state index is 0.000884. The van der Waals surface area contributed by atoms with Crippen LogP contribution in [0.3, 0.4) is 0 Å². The van der Waals surface area contributed by atoms with Crippen molar-refractivity contribution in [2.24, 2.45) is 0 Å². The Balaban J connectivity index is 1.88. The van der Waals surface area contributed by atoms with Crippen LogP contribution in [0.2, 0.25) is 0 Å². The molecule has 5 heteroatoms. The number of nitrogens with one attached hydrogen (secondary N) is 1. The van der Waals surface area contributed by atoms with Crippen LogP contribution in [0.25, 0.3) is 0 Å². The number of hydrogen-bond donors (Lipinski definition) is 1. The predicted molar refractivity (Wildman–Crippen MR) is 70.9 cm³/mol. The zero-order valence-corrected chi connectivity index (χ0v) is 11.5. The molecule has 1 fully saturated rings. The zero-order valence-electron chi connectivity index (χ0n) is 9.92. The molecular formula is C13H15BrFNO2. The minimum Gasteiger partial charge on any atom is -0.378 e. The maximum absolute atomic E-state index is 13.3. The molecule has 0 saturated carbocycles. The van der Waals surface area contributed by atoms with Gasteiger partial charge in [-0.25, -0.2) is 4.39 Å². The summed E-state index contributed by atoms with van der Waals surface area (Å²) in [6.45, 7) is 0.727. The van der Waals surface area contributed by atoms with Gasteiger partial charge in [0.2, 0.25) is 5.91 Å². The van der Waals surface area contributed by atoms with Gasteiger partial charge in [0.25, 0.3) is 0 Å². The lowest BCUT2D eigenvalue weighted by Gasteiger charge is -2.21. The molecule has 3 nitrogen and oxygen atoms in total. The molecule has 1 aromatic rings. The van der Waals surface area contributed by atoms with E-state index in [1.54, 1.807) is 12.1 Å². The van der Waals surface area contributed by atoms with E-state index < -0.39 is 0 Å². The molecule has 1 aromatic carbocycles. The fraction of sp³-hybridized carbons (Fsp3) is 0.462. The van der Waals surface area contributed by atoms with Crippen LogP contribution in [0.4, 0.5) is 10.1 Å². The normalized spacial score (nSPS) is 19.6. The Morgan fingerprint density at radius 3 is 3.00 bits per heavy atom. The van der Waals surface area contributed by atoms with Gasteiger partial charge in [0, 0.05) is 12.3 Å². The highest BCUT2D eigenvalue weighted by molar-refractivity contribution is 9.10. The Kier molecular flexibility index (Phi) is 4.72. The van der Waals surface area contributed by atoms with Crippen molar-refractivity contribution in [2.45, 2.75) is 31.8 Å². The van der Waals surface area contributed by atoms with E-state index >= 15 is 0 Å². The summed E-state index contributed by atoms with van der Waals surface area (Å²) in [5, 5.41) is 2.68. The number of rotatable bonds is 3. The summed E-state index contributed by atoms with van der Waals surface area (Å²) >= 11 is 3.07. The van der Waals surface area contributed by atoms with E-state index in [2.05, 4.69) is 21.2 Å².